The summed E-state index contributed by atoms with van der Waals surface area (Å²) < 4.78 is 5.74. The van der Waals surface area contributed by atoms with Crippen LogP contribution in [0.2, 0.25) is 0 Å². The van der Waals surface area contributed by atoms with Crippen molar-refractivity contribution in [3.63, 3.8) is 0 Å². The Morgan fingerprint density at radius 3 is 1.62 bits per heavy atom. The molecule has 0 aliphatic rings. The zero-order valence-corrected chi connectivity index (χ0v) is 8.59. The molecule has 1 nitrogen and oxygen atoms in total. The van der Waals surface area contributed by atoms with E-state index in [-0.39, 0.29) is 5.60 Å². The molecule has 0 unspecified atom stereocenters. The number of rotatable bonds is 8. The fourth-order valence-electron chi connectivity index (χ4n) is 1.52. The van der Waals surface area contributed by atoms with Crippen LogP contribution in [0.15, 0.2) is 38.0 Å². The third-order valence-electron chi connectivity index (χ3n) is 2.00. The maximum Gasteiger partial charge on any atom is 0.0784 e. The summed E-state index contributed by atoms with van der Waals surface area (Å²) in [6.45, 7) is 14.0. The van der Waals surface area contributed by atoms with Gasteiger partial charge >= 0.3 is 0 Å². The van der Waals surface area contributed by atoms with E-state index in [1.165, 1.54) is 0 Å². The first-order chi connectivity index (χ1) is 6.24. The zero-order chi connectivity index (χ0) is 10.2. The predicted molar refractivity (Wildman–Crippen MR) is 58.8 cm³/mol. The van der Waals surface area contributed by atoms with Crippen molar-refractivity contribution in [3.05, 3.63) is 38.0 Å². The van der Waals surface area contributed by atoms with Crippen molar-refractivity contribution in [1.29, 1.82) is 0 Å². The molecule has 0 aromatic heterocycles. The van der Waals surface area contributed by atoms with Crippen molar-refractivity contribution < 1.29 is 4.74 Å². The fraction of sp³-hybridized carbons (Fsp3) is 0.500. The molecule has 0 aromatic rings. The fourth-order valence-corrected chi connectivity index (χ4v) is 1.52. The minimum absolute atomic E-state index is 0.153. The first-order valence-electron chi connectivity index (χ1n) is 4.71. The van der Waals surface area contributed by atoms with E-state index < -0.39 is 0 Å². The maximum absolute atomic E-state index is 5.74. The van der Waals surface area contributed by atoms with Crippen LogP contribution in [0.5, 0.6) is 0 Å². The minimum Gasteiger partial charge on any atom is -0.374 e. The molecule has 0 aliphatic heterocycles. The molecular formula is C12H20O. The molecule has 0 saturated carbocycles. The Hall–Kier alpha value is -0.820. The van der Waals surface area contributed by atoms with E-state index in [0.29, 0.717) is 0 Å². The van der Waals surface area contributed by atoms with Gasteiger partial charge in [0.2, 0.25) is 0 Å². The van der Waals surface area contributed by atoms with Crippen molar-refractivity contribution in [2.24, 2.45) is 0 Å². The van der Waals surface area contributed by atoms with Crippen LogP contribution >= 0.6 is 0 Å². The molecule has 0 saturated heterocycles. The van der Waals surface area contributed by atoms with Crippen LogP contribution in [-0.4, -0.2) is 12.2 Å². The predicted octanol–water partition coefficient (Wildman–Crippen LogP) is 3.49. The highest BCUT2D eigenvalue weighted by Gasteiger charge is 2.25. The van der Waals surface area contributed by atoms with E-state index in [2.05, 4.69) is 19.7 Å². The number of hydrogen-bond donors (Lipinski definition) is 0. The molecule has 0 aliphatic carbocycles. The summed E-state index contributed by atoms with van der Waals surface area (Å²) in [5.74, 6) is 0. The second kappa shape index (κ2) is 6.67. The third-order valence-corrected chi connectivity index (χ3v) is 2.00. The Labute approximate surface area is 81.8 Å². The molecule has 0 aromatic carbocycles. The molecule has 0 fully saturated rings. The van der Waals surface area contributed by atoms with Crippen LogP contribution in [-0.2, 0) is 4.74 Å². The Balaban J connectivity index is 4.44. The van der Waals surface area contributed by atoms with E-state index >= 15 is 0 Å². The Morgan fingerprint density at radius 2 is 1.38 bits per heavy atom. The van der Waals surface area contributed by atoms with Gasteiger partial charge in [0.15, 0.2) is 0 Å². The Kier molecular flexibility index (Phi) is 6.25. The molecule has 13 heavy (non-hydrogen) atoms. The average molecular weight is 180 g/mol. The molecule has 0 atom stereocenters. The molecule has 0 rings (SSSR count). The van der Waals surface area contributed by atoms with Gasteiger partial charge in [0.1, 0.15) is 0 Å². The summed E-state index contributed by atoms with van der Waals surface area (Å²) >= 11 is 0. The lowest BCUT2D eigenvalue weighted by Gasteiger charge is -2.30. The normalized spacial score (nSPS) is 10.8. The first-order valence-corrected chi connectivity index (χ1v) is 4.71. The second-order valence-corrected chi connectivity index (χ2v) is 3.09. The molecule has 0 radical (unpaired) electrons. The molecule has 0 amide bonds. The van der Waals surface area contributed by atoms with E-state index in [4.69, 9.17) is 4.74 Å². The SMILES string of the molecule is C=CCC(CC=C)(CC=C)OCC. The second-order valence-electron chi connectivity index (χ2n) is 3.09. The van der Waals surface area contributed by atoms with Crippen LogP contribution in [0.3, 0.4) is 0 Å². The van der Waals surface area contributed by atoms with E-state index in [9.17, 15) is 0 Å². The van der Waals surface area contributed by atoms with Gasteiger partial charge in [0, 0.05) is 6.61 Å². The lowest BCUT2D eigenvalue weighted by atomic mass is 9.91. The van der Waals surface area contributed by atoms with Crippen molar-refractivity contribution in [3.8, 4) is 0 Å². The van der Waals surface area contributed by atoms with Crippen LogP contribution in [0.1, 0.15) is 26.2 Å². The minimum atomic E-state index is -0.153. The van der Waals surface area contributed by atoms with Crippen LogP contribution in [0.4, 0.5) is 0 Å². The summed E-state index contributed by atoms with van der Waals surface area (Å²) in [4.78, 5) is 0. The Morgan fingerprint density at radius 1 is 1.00 bits per heavy atom. The standard InChI is InChI=1S/C12H20O/c1-5-9-12(10-6-2,11-7-3)13-8-4/h5-7H,1-3,8-11H2,4H3. The van der Waals surface area contributed by atoms with Crippen molar-refractivity contribution >= 4 is 0 Å². The van der Waals surface area contributed by atoms with Crippen LogP contribution in [0.25, 0.3) is 0 Å². The van der Waals surface area contributed by atoms with Gasteiger partial charge in [-0.3, -0.25) is 0 Å². The lowest BCUT2D eigenvalue weighted by Crippen LogP contribution is -2.30. The van der Waals surface area contributed by atoms with Gasteiger partial charge in [-0.05, 0) is 26.2 Å². The largest absolute Gasteiger partial charge is 0.374 e. The van der Waals surface area contributed by atoms with Gasteiger partial charge in [-0.1, -0.05) is 18.2 Å². The highest BCUT2D eigenvalue weighted by atomic mass is 16.5. The van der Waals surface area contributed by atoms with Gasteiger partial charge in [-0.25, -0.2) is 0 Å². The molecule has 74 valence electrons. The lowest BCUT2D eigenvalue weighted by molar-refractivity contribution is -0.0324. The molecular weight excluding hydrogens is 160 g/mol. The molecule has 0 bridgehead atoms. The molecule has 0 N–H and O–H groups in total. The van der Waals surface area contributed by atoms with Gasteiger partial charge in [0.25, 0.3) is 0 Å². The maximum atomic E-state index is 5.74. The molecule has 0 spiro atoms. The Bertz CT molecular complexity index is 143. The van der Waals surface area contributed by atoms with E-state index in [0.717, 1.165) is 25.9 Å². The highest BCUT2D eigenvalue weighted by Crippen LogP contribution is 2.26. The van der Waals surface area contributed by atoms with Crippen molar-refractivity contribution in [1.82, 2.24) is 0 Å². The topological polar surface area (TPSA) is 9.23 Å². The monoisotopic (exact) mass is 180 g/mol. The average Bonchev–Trinajstić information content (AvgIpc) is 2.06. The van der Waals surface area contributed by atoms with Gasteiger partial charge in [0.05, 0.1) is 5.60 Å². The van der Waals surface area contributed by atoms with Gasteiger partial charge < -0.3 is 4.74 Å². The van der Waals surface area contributed by atoms with E-state index in [1.54, 1.807) is 0 Å². The summed E-state index contributed by atoms with van der Waals surface area (Å²) in [6.07, 6.45) is 8.21. The number of ether oxygens (including phenoxy) is 1. The first kappa shape index (κ1) is 12.2. The van der Waals surface area contributed by atoms with Gasteiger partial charge in [-0.15, -0.1) is 19.7 Å². The smallest absolute Gasteiger partial charge is 0.0784 e. The highest BCUT2D eigenvalue weighted by molar-refractivity contribution is 4.97. The van der Waals surface area contributed by atoms with Crippen molar-refractivity contribution in [2.45, 2.75) is 31.8 Å². The quantitative estimate of drug-likeness (QED) is 0.519. The zero-order valence-electron chi connectivity index (χ0n) is 8.59. The third kappa shape index (κ3) is 4.09. The van der Waals surface area contributed by atoms with Gasteiger partial charge in [-0.2, -0.15) is 0 Å². The van der Waals surface area contributed by atoms with Crippen molar-refractivity contribution in [2.75, 3.05) is 6.61 Å². The summed E-state index contributed by atoms with van der Waals surface area (Å²) in [5.41, 5.74) is -0.153. The molecule has 0 heterocycles. The summed E-state index contributed by atoms with van der Waals surface area (Å²) in [5, 5.41) is 0. The van der Waals surface area contributed by atoms with Crippen LogP contribution in [0, 0.1) is 0 Å². The number of hydrogen-bond acceptors (Lipinski definition) is 1. The molecule has 1 heteroatoms. The summed E-state index contributed by atoms with van der Waals surface area (Å²) in [6, 6.07) is 0. The summed E-state index contributed by atoms with van der Waals surface area (Å²) in [7, 11) is 0. The van der Waals surface area contributed by atoms with Crippen LogP contribution < -0.4 is 0 Å². The van der Waals surface area contributed by atoms with E-state index in [1.807, 2.05) is 25.2 Å².